The topological polar surface area (TPSA) is 29.0 Å². The summed E-state index contributed by atoms with van der Waals surface area (Å²) < 4.78 is 40.9. The van der Waals surface area contributed by atoms with Crippen LogP contribution in [-0.4, -0.2) is 24.1 Å². The zero-order chi connectivity index (χ0) is 11.9. The van der Waals surface area contributed by atoms with Crippen molar-refractivity contribution in [3.63, 3.8) is 0 Å². The molecule has 0 saturated heterocycles. The third kappa shape index (κ3) is 1.37. The molecule has 0 aliphatic rings. The van der Waals surface area contributed by atoms with E-state index in [4.69, 9.17) is 0 Å². The second-order valence-electron chi connectivity index (χ2n) is 3.44. The highest BCUT2D eigenvalue weighted by Gasteiger charge is 2.22. The van der Waals surface area contributed by atoms with Gasteiger partial charge in [-0.2, -0.15) is 0 Å². The highest BCUT2D eigenvalue weighted by atomic mass is 19.2. The first-order valence-electron chi connectivity index (χ1n) is 4.48. The maximum absolute atomic E-state index is 13.8. The summed E-state index contributed by atoms with van der Waals surface area (Å²) in [6, 6.07) is 0. The Morgan fingerprint density at radius 2 is 1.38 bits per heavy atom. The van der Waals surface area contributed by atoms with Gasteiger partial charge in [0.2, 0.25) is 0 Å². The van der Waals surface area contributed by atoms with Gasteiger partial charge in [0.15, 0.2) is 17.5 Å². The number of nitrogens with zero attached hydrogens (tertiary/aromatic N) is 3. The normalized spacial score (nSPS) is 10.8. The first kappa shape index (κ1) is 10.7. The van der Waals surface area contributed by atoms with Crippen molar-refractivity contribution in [1.29, 1.82) is 0 Å². The van der Waals surface area contributed by atoms with Crippen LogP contribution < -0.4 is 4.90 Å². The monoisotopic (exact) mass is 227 g/mol. The van der Waals surface area contributed by atoms with Crippen molar-refractivity contribution in [3.05, 3.63) is 29.8 Å². The van der Waals surface area contributed by atoms with Gasteiger partial charge < -0.3 is 4.90 Å². The number of halogens is 3. The minimum absolute atomic E-state index is 0.273. The Balaban J connectivity index is 2.94. The molecule has 0 aliphatic carbocycles. The molecule has 2 rings (SSSR count). The Morgan fingerprint density at radius 3 is 1.88 bits per heavy atom. The number of rotatable bonds is 1. The Morgan fingerprint density at radius 1 is 0.875 bits per heavy atom. The summed E-state index contributed by atoms with van der Waals surface area (Å²) in [6.45, 7) is 0. The molecule has 0 spiro atoms. The van der Waals surface area contributed by atoms with E-state index in [2.05, 4.69) is 9.97 Å². The second-order valence-corrected chi connectivity index (χ2v) is 3.44. The number of anilines is 1. The lowest BCUT2D eigenvalue weighted by Gasteiger charge is -2.15. The van der Waals surface area contributed by atoms with Crippen LogP contribution in [0, 0.1) is 17.5 Å². The molecule has 0 amide bonds. The fraction of sp³-hybridized carbons (Fsp3) is 0.200. The third-order valence-electron chi connectivity index (χ3n) is 2.17. The average molecular weight is 227 g/mol. The van der Waals surface area contributed by atoms with Gasteiger partial charge in [-0.05, 0) is 0 Å². The lowest BCUT2D eigenvalue weighted by molar-refractivity contribution is 0.503. The van der Waals surface area contributed by atoms with Crippen LogP contribution in [-0.2, 0) is 0 Å². The summed E-state index contributed by atoms with van der Waals surface area (Å²) in [5.41, 5.74) is -1.13. The maximum atomic E-state index is 13.8. The summed E-state index contributed by atoms with van der Waals surface area (Å²) in [7, 11) is 2.84. The molecule has 1 heterocycles. The predicted octanol–water partition coefficient (Wildman–Crippen LogP) is 2.11. The zero-order valence-electron chi connectivity index (χ0n) is 8.63. The molecule has 0 N–H and O–H groups in total. The van der Waals surface area contributed by atoms with Crippen molar-refractivity contribution in [3.8, 4) is 0 Å². The standard InChI is InChI=1S/C10H8F3N3/c1-16(2)10-6(12)5(11)8-9(7(10)13)15-4-3-14-8/h3-4H,1-2H3. The summed E-state index contributed by atoms with van der Waals surface area (Å²) in [5, 5.41) is 0. The van der Waals surface area contributed by atoms with E-state index >= 15 is 0 Å². The quantitative estimate of drug-likeness (QED) is 0.699. The smallest absolute Gasteiger partial charge is 0.188 e. The molecule has 1 aromatic carbocycles. The van der Waals surface area contributed by atoms with Crippen LogP contribution in [0.3, 0.4) is 0 Å². The van der Waals surface area contributed by atoms with Crippen molar-refractivity contribution in [2.75, 3.05) is 19.0 Å². The molecular weight excluding hydrogens is 219 g/mol. The van der Waals surface area contributed by atoms with Crippen molar-refractivity contribution in [1.82, 2.24) is 9.97 Å². The number of hydrogen-bond donors (Lipinski definition) is 0. The van der Waals surface area contributed by atoms with E-state index in [1.165, 1.54) is 26.5 Å². The Bertz CT molecular complexity index is 554. The minimum Gasteiger partial charge on any atom is -0.373 e. The fourth-order valence-electron chi connectivity index (χ4n) is 1.47. The van der Waals surface area contributed by atoms with Crippen molar-refractivity contribution < 1.29 is 13.2 Å². The first-order valence-corrected chi connectivity index (χ1v) is 4.48. The molecule has 84 valence electrons. The number of hydrogen-bond acceptors (Lipinski definition) is 3. The summed E-state index contributed by atoms with van der Waals surface area (Å²) in [5.74, 6) is -3.35. The lowest BCUT2D eigenvalue weighted by atomic mass is 10.2. The van der Waals surface area contributed by atoms with Crippen LogP contribution in [0.15, 0.2) is 12.4 Å². The minimum atomic E-state index is -1.25. The van der Waals surface area contributed by atoms with E-state index in [-0.39, 0.29) is 5.52 Å². The van der Waals surface area contributed by atoms with E-state index < -0.39 is 28.7 Å². The van der Waals surface area contributed by atoms with Crippen LogP contribution >= 0.6 is 0 Å². The largest absolute Gasteiger partial charge is 0.373 e. The zero-order valence-corrected chi connectivity index (χ0v) is 8.63. The highest BCUT2D eigenvalue weighted by Crippen LogP contribution is 2.30. The van der Waals surface area contributed by atoms with Gasteiger partial charge >= 0.3 is 0 Å². The predicted molar refractivity (Wildman–Crippen MR) is 53.7 cm³/mol. The summed E-state index contributed by atoms with van der Waals surface area (Å²) in [4.78, 5) is 8.38. The number of fused-ring (bicyclic) bond motifs is 1. The SMILES string of the molecule is CN(C)c1c(F)c(F)c2nccnc2c1F. The molecule has 0 saturated carbocycles. The molecular formula is C10H8F3N3. The van der Waals surface area contributed by atoms with Gasteiger partial charge in [-0.1, -0.05) is 0 Å². The molecule has 0 fully saturated rings. The van der Waals surface area contributed by atoms with Crippen LogP contribution in [0.1, 0.15) is 0 Å². The molecule has 1 aromatic heterocycles. The van der Waals surface area contributed by atoms with Crippen LogP contribution in [0.5, 0.6) is 0 Å². The van der Waals surface area contributed by atoms with Gasteiger partial charge in [-0.3, -0.25) is 0 Å². The summed E-state index contributed by atoms with van der Waals surface area (Å²) >= 11 is 0. The Labute approximate surface area is 89.5 Å². The number of benzene rings is 1. The van der Waals surface area contributed by atoms with Crippen molar-refractivity contribution in [2.24, 2.45) is 0 Å². The Hall–Kier alpha value is -1.85. The van der Waals surface area contributed by atoms with Gasteiger partial charge in [0.05, 0.1) is 0 Å². The molecule has 0 aliphatic heterocycles. The molecule has 0 radical (unpaired) electrons. The summed E-state index contributed by atoms with van der Waals surface area (Å²) in [6.07, 6.45) is 2.40. The molecule has 16 heavy (non-hydrogen) atoms. The molecule has 0 atom stereocenters. The lowest BCUT2D eigenvalue weighted by Crippen LogP contribution is -2.15. The van der Waals surface area contributed by atoms with E-state index in [0.717, 1.165) is 4.90 Å². The average Bonchev–Trinajstić information content (AvgIpc) is 2.26. The van der Waals surface area contributed by atoms with Crippen LogP contribution in [0.25, 0.3) is 11.0 Å². The van der Waals surface area contributed by atoms with E-state index in [1.54, 1.807) is 0 Å². The van der Waals surface area contributed by atoms with Crippen LogP contribution in [0.2, 0.25) is 0 Å². The van der Waals surface area contributed by atoms with Gasteiger partial charge in [0.25, 0.3) is 0 Å². The highest BCUT2D eigenvalue weighted by molar-refractivity contribution is 5.80. The van der Waals surface area contributed by atoms with Gasteiger partial charge in [0, 0.05) is 26.5 Å². The van der Waals surface area contributed by atoms with Crippen LogP contribution in [0.4, 0.5) is 18.9 Å². The maximum Gasteiger partial charge on any atom is 0.188 e. The molecule has 0 unspecified atom stereocenters. The molecule has 3 nitrogen and oxygen atoms in total. The molecule has 6 heteroatoms. The first-order chi connectivity index (χ1) is 7.54. The number of aromatic nitrogens is 2. The Kier molecular flexibility index (Phi) is 2.41. The van der Waals surface area contributed by atoms with Gasteiger partial charge in [-0.15, -0.1) is 0 Å². The van der Waals surface area contributed by atoms with Crippen molar-refractivity contribution in [2.45, 2.75) is 0 Å². The fourth-order valence-corrected chi connectivity index (χ4v) is 1.47. The van der Waals surface area contributed by atoms with E-state index in [1.807, 2.05) is 0 Å². The molecule has 2 aromatic rings. The third-order valence-corrected chi connectivity index (χ3v) is 2.17. The molecule has 0 bridgehead atoms. The van der Waals surface area contributed by atoms with E-state index in [9.17, 15) is 13.2 Å². The van der Waals surface area contributed by atoms with Crippen molar-refractivity contribution >= 4 is 16.7 Å². The van der Waals surface area contributed by atoms with Gasteiger partial charge in [0.1, 0.15) is 16.7 Å². The second kappa shape index (κ2) is 3.62. The van der Waals surface area contributed by atoms with Gasteiger partial charge in [-0.25, -0.2) is 23.1 Å². The van der Waals surface area contributed by atoms with E-state index in [0.29, 0.717) is 0 Å².